The van der Waals surface area contributed by atoms with Gasteiger partial charge in [0, 0.05) is 5.69 Å². The van der Waals surface area contributed by atoms with Gasteiger partial charge in [-0.25, -0.2) is 8.42 Å². The number of nitrogens with one attached hydrogen (secondary N) is 2. The van der Waals surface area contributed by atoms with Crippen LogP contribution in [0.4, 0.5) is 11.4 Å². The normalized spacial score (nSPS) is 11.3. The van der Waals surface area contributed by atoms with Gasteiger partial charge in [0.1, 0.15) is 0 Å². The molecular formula is C24H19ClN2O3S. The third-order valence-corrected chi connectivity index (χ3v) is 6.42. The molecule has 0 spiro atoms. The van der Waals surface area contributed by atoms with Crippen molar-refractivity contribution in [3.05, 3.63) is 102 Å². The second kappa shape index (κ2) is 8.79. The summed E-state index contributed by atoms with van der Waals surface area (Å²) in [4.78, 5) is 12.5. The van der Waals surface area contributed by atoms with Gasteiger partial charge in [-0.1, -0.05) is 72.3 Å². The maximum Gasteiger partial charge on any atom is 0.262 e. The van der Waals surface area contributed by atoms with Crippen molar-refractivity contribution in [3.63, 3.8) is 0 Å². The SMILES string of the molecule is O=C(Cc1ccc2ccccc2c1)Nc1cccc(S(=O)(=O)Nc2ccccc2Cl)c1. The molecule has 156 valence electrons. The Morgan fingerprint density at radius 1 is 0.806 bits per heavy atom. The van der Waals surface area contributed by atoms with Crippen molar-refractivity contribution in [1.82, 2.24) is 0 Å². The van der Waals surface area contributed by atoms with E-state index in [4.69, 9.17) is 11.6 Å². The van der Waals surface area contributed by atoms with E-state index in [2.05, 4.69) is 10.0 Å². The van der Waals surface area contributed by atoms with Gasteiger partial charge < -0.3 is 5.32 Å². The first kappa shape index (κ1) is 20.9. The number of amides is 1. The predicted octanol–water partition coefficient (Wildman–Crippen LogP) is 5.48. The van der Waals surface area contributed by atoms with Crippen LogP contribution in [-0.4, -0.2) is 14.3 Å². The maximum atomic E-state index is 12.7. The van der Waals surface area contributed by atoms with Crippen molar-refractivity contribution >= 4 is 49.7 Å². The number of rotatable bonds is 6. The molecule has 5 nitrogen and oxygen atoms in total. The molecule has 2 N–H and O–H groups in total. The summed E-state index contributed by atoms with van der Waals surface area (Å²) in [7, 11) is -3.86. The molecule has 0 radical (unpaired) electrons. The zero-order valence-electron chi connectivity index (χ0n) is 16.4. The van der Waals surface area contributed by atoms with Gasteiger partial charge >= 0.3 is 0 Å². The van der Waals surface area contributed by atoms with Gasteiger partial charge in [-0.2, -0.15) is 0 Å². The number of benzene rings is 4. The monoisotopic (exact) mass is 450 g/mol. The van der Waals surface area contributed by atoms with Crippen LogP contribution in [0.15, 0.2) is 95.9 Å². The van der Waals surface area contributed by atoms with E-state index >= 15 is 0 Å². The Bertz CT molecular complexity index is 1370. The fourth-order valence-corrected chi connectivity index (χ4v) is 4.59. The standard InChI is InChI=1S/C24H19ClN2O3S/c25-22-10-3-4-11-23(22)27-31(29,30)21-9-5-8-20(16-21)26-24(28)15-17-12-13-18-6-1-2-7-19(18)14-17/h1-14,16,27H,15H2,(H,26,28). The van der Waals surface area contributed by atoms with Crippen LogP contribution in [0.1, 0.15) is 5.56 Å². The summed E-state index contributed by atoms with van der Waals surface area (Å²) < 4.78 is 27.9. The second-order valence-corrected chi connectivity index (χ2v) is 9.11. The Morgan fingerprint density at radius 3 is 2.35 bits per heavy atom. The first-order chi connectivity index (χ1) is 14.9. The van der Waals surface area contributed by atoms with Crippen molar-refractivity contribution < 1.29 is 13.2 Å². The molecule has 4 aromatic carbocycles. The molecule has 0 fully saturated rings. The Labute approximate surface area is 185 Å². The Balaban J connectivity index is 1.48. The minimum Gasteiger partial charge on any atom is -0.326 e. The quantitative estimate of drug-likeness (QED) is 0.408. The summed E-state index contributed by atoms with van der Waals surface area (Å²) in [5.74, 6) is -0.233. The van der Waals surface area contributed by atoms with Crippen LogP contribution < -0.4 is 10.0 Å². The first-order valence-corrected chi connectivity index (χ1v) is 11.4. The molecule has 0 atom stereocenters. The van der Waals surface area contributed by atoms with Gasteiger partial charge in [-0.15, -0.1) is 0 Å². The highest BCUT2D eigenvalue weighted by Crippen LogP contribution is 2.25. The predicted molar refractivity (Wildman–Crippen MR) is 125 cm³/mol. The Morgan fingerprint density at radius 2 is 1.55 bits per heavy atom. The van der Waals surface area contributed by atoms with Crippen LogP contribution in [0.5, 0.6) is 0 Å². The molecule has 4 aromatic rings. The van der Waals surface area contributed by atoms with Crippen LogP contribution >= 0.6 is 11.6 Å². The fourth-order valence-electron chi connectivity index (χ4n) is 3.23. The Hall–Kier alpha value is -3.35. The van der Waals surface area contributed by atoms with E-state index in [0.717, 1.165) is 16.3 Å². The summed E-state index contributed by atoms with van der Waals surface area (Å²) in [6, 6.07) is 26.5. The van der Waals surface area contributed by atoms with Crippen LogP contribution in [-0.2, 0) is 21.2 Å². The average molecular weight is 451 g/mol. The van der Waals surface area contributed by atoms with E-state index in [1.807, 2.05) is 42.5 Å². The van der Waals surface area contributed by atoms with Crippen molar-refractivity contribution in [2.75, 3.05) is 10.0 Å². The van der Waals surface area contributed by atoms with E-state index in [-0.39, 0.29) is 22.9 Å². The zero-order chi connectivity index (χ0) is 21.8. The number of anilines is 2. The molecule has 0 aliphatic carbocycles. The van der Waals surface area contributed by atoms with Crippen molar-refractivity contribution in [2.45, 2.75) is 11.3 Å². The van der Waals surface area contributed by atoms with E-state index in [1.54, 1.807) is 36.4 Å². The molecule has 0 unspecified atom stereocenters. The van der Waals surface area contributed by atoms with E-state index in [9.17, 15) is 13.2 Å². The Kier molecular flexibility index (Phi) is 5.93. The molecule has 1 amide bonds. The number of fused-ring (bicyclic) bond motifs is 1. The van der Waals surface area contributed by atoms with E-state index in [0.29, 0.717) is 10.7 Å². The number of hydrogen-bond acceptors (Lipinski definition) is 3. The number of hydrogen-bond donors (Lipinski definition) is 2. The number of para-hydroxylation sites is 1. The summed E-state index contributed by atoms with van der Waals surface area (Å²) in [5, 5.41) is 5.23. The first-order valence-electron chi connectivity index (χ1n) is 9.56. The number of carbonyl (C=O) groups is 1. The lowest BCUT2D eigenvalue weighted by molar-refractivity contribution is -0.115. The minimum absolute atomic E-state index is 0.0240. The van der Waals surface area contributed by atoms with Gasteiger partial charge in [0.15, 0.2) is 0 Å². The summed E-state index contributed by atoms with van der Waals surface area (Å²) in [5.41, 5.74) is 1.56. The third kappa shape index (κ3) is 5.05. The lowest BCUT2D eigenvalue weighted by Crippen LogP contribution is -2.16. The highest BCUT2D eigenvalue weighted by atomic mass is 35.5. The molecule has 0 aromatic heterocycles. The largest absolute Gasteiger partial charge is 0.326 e. The van der Waals surface area contributed by atoms with Crippen LogP contribution in [0.3, 0.4) is 0 Å². The summed E-state index contributed by atoms with van der Waals surface area (Å²) in [6.07, 6.45) is 0.180. The van der Waals surface area contributed by atoms with Crippen molar-refractivity contribution in [3.8, 4) is 0 Å². The van der Waals surface area contributed by atoms with Gasteiger partial charge in [-0.3, -0.25) is 9.52 Å². The van der Waals surface area contributed by atoms with Gasteiger partial charge in [0.2, 0.25) is 5.91 Å². The average Bonchev–Trinajstić information content (AvgIpc) is 2.75. The molecule has 0 aliphatic rings. The van der Waals surface area contributed by atoms with E-state index in [1.165, 1.54) is 12.1 Å². The lowest BCUT2D eigenvalue weighted by atomic mass is 10.0. The maximum absolute atomic E-state index is 12.7. The minimum atomic E-state index is -3.86. The van der Waals surface area contributed by atoms with E-state index < -0.39 is 10.0 Å². The fraction of sp³-hybridized carbons (Fsp3) is 0.0417. The highest BCUT2D eigenvalue weighted by molar-refractivity contribution is 7.92. The smallest absolute Gasteiger partial charge is 0.262 e. The number of sulfonamides is 1. The van der Waals surface area contributed by atoms with Gasteiger partial charge in [-0.05, 0) is 46.7 Å². The zero-order valence-corrected chi connectivity index (χ0v) is 18.0. The van der Waals surface area contributed by atoms with Gasteiger partial charge in [0.25, 0.3) is 10.0 Å². The molecule has 0 heterocycles. The van der Waals surface area contributed by atoms with Gasteiger partial charge in [0.05, 0.1) is 22.0 Å². The number of halogens is 1. The molecule has 0 saturated heterocycles. The number of carbonyl (C=O) groups excluding carboxylic acids is 1. The lowest BCUT2D eigenvalue weighted by Gasteiger charge is -2.11. The molecule has 0 saturated carbocycles. The van der Waals surface area contributed by atoms with Crippen LogP contribution in [0, 0.1) is 0 Å². The molecule has 4 rings (SSSR count). The van der Waals surface area contributed by atoms with Crippen LogP contribution in [0.2, 0.25) is 5.02 Å². The molecule has 31 heavy (non-hydrogen) atoms. The molecule has 0 bridgehead atoms. The highest BCUT2D eigenvalue weighted by Gasteiger charge is 2.16. The third-order valence-electron chi connectivity index (χ3n) is 4.72. The molecule has 7 heteroatoms. The topological polar surface area (TPSA) is 75.3 Å². The van der Waals surface area contributed by atoms with Crippen molar-refractivity contribution in [2.24, 2.45) is 0 Å². The molecular weight excluding hydrogens is 432 g/mol. The van der Waals surface area contributed by atoms with Crippen molar-refractivity contribution in [1.29, 1.82) is 0 Å². The second-order valence-electron chi connectivity index (χ2n) is 7.02. The summed E-state index contributed by atoms with van der Waals surface area (Å²) >= 11 is 6.05. The summed E-state index contributed by atoms with van der Waals surface area (Å²) in [6.45, 7) is 0. The molecule has 0 aliphatic heterocycles. The van der Waals surface area contributed by atoms with Crippen LogP contribution in [0.25, 0.3) is 10.8 Å².